The monoisotopic (exact) mass is 571 g/mol. The van der Waals surface area contributed by atoms with Gasteiger partial charge in [0.1, 0.15) is 18.3 Å². The van der Waals surface area contributed by atoms with Crippen molar-refractivity contribution in [3.63, 3.8) is 0 Å². The largest absolute Gasteiger partial charge is 0.495 e. The van der Waals surface area contributed by atoms with Crippen LogP contribution in [-0.4, -0.2) is 50.9 Å². The number of methoxy groups -OCH3 is 1. The molecule has 3 aromatic rings. The molecule has 0 radical (unpaired) electrons. The Morgan fingerprint density at radius 1 is 0.949 bits per heavy atom. The zero-order valence-corrected chi connectivity index (χ0v) is 24.1. The average molecular weight is 572 g/mol. The first kappa shape index (κ1) is 30.0. The minimum atomic E-state index is -4.19. The summed E-state index contributed by atoms with van der Waals surface area (Å²) in [7, 11) is -2.76. The highest BCUT2D eigenvalue weighted by Gasteiger charge is 2.34. The summed E-state index contributed by atoms with van der Waals surface area (Å²) in [5.41, 5.74) is 0.831. The SMILES string of the molecule is CC[C@H](C)NC(=O)[C@H](C)N(Cc1ccccc1Cl)C(=O)CN(c1ccccc1OC)S(=O)(=O)c1ccccc1. The van der Waals surface area contributed by atoms with Crippen LogP contribution in [0.3, 0.4) is 0 Å². The molecule has 208 valence electrons. The maximum atomic E-state index is 14.0. The van der Waals surface area contributed by atoms with Gasteiger partial charge in [-0.25, -0.2) is 8.42 Å². The van der Waals surface area contributed by atoms with Gasteiger partial charge in [-0.05, 0) is 56.2 Å². The number of rotatable bonds is 12. The lowest BCUT2D eigenvalue weighted by Crippen LogP contribution is -2.52. The van der Waals surface area contributed by atoms with Gasteiger partial charge in [0.05, 0.1) is 17.7 Å². The van der Waals surface area contributed by atoms with Gasteiger partial charge >= 0.3 is 0 Å². The van der Waals surface area contributed by atoms with E-state index in [0.29, 0.717) is 17.0 Å². The van der Waals surface area contributed by atoms with Crippen LogP contribution in [0.4, 0.5) is 5.69 Å². The van der Waals surface area contributed by atoms with Crippen LogP contribution in [0.15, 0.2) is 83.8 Å². The predicted molar refractivity (Wildman–Crippen MR) is 153 cm³/mol. The number of hydrogen-bond acceptors (Lipinski definition) is 5. The fourth-order valence-corrected chi connectivity index (χ4v) is 5.57. The third-order valence-electron chi connectivity index (χ3n) is 6.43. The van der Waals surface area contributed by atoms with Crippen LogP contribution in [0.5, 0.6) is 5.75 Å². The van der Waals surface area contributed by atoms with Gasteiger partial charge in [0.25, 0.3) is 10.0 Å². The first-order valence-electron chi connectivity index (χ1n) is 12.6. The highest BCUT2D eigenvalue weighted by atomic mass is 35.5. The third kappa shape index (κ3) is 7.30. The van der Waals surface area contributed by atoms with Crippen LogP contribution in [0.25, 0.3) is 0 Å². The summed E-state index contributed by atoms with van der Waals surface area (Å²) in [4.78, 5) is 28.5. The lowest BCUT2D eigenvalue weighted by molar-refractivity contribution is -0.139. The van der Waals surface area contributed by atoms with E-state index in [1.165, 1.54) is 24.1 Å². The second-order valence-corrected chi connectivity index (χ2v) is 11.4. The molecule has 0 fully saturated rings. The van der Waals surface area contributed by atoms with Crippen molar-refractivity contribution in [2.24, 2.45) is 0 Å². The molecule has 0 spiro atoms. The van der Waals surface area contributed by atoms with E-state index in [1.807, 2.05) is 13.8 Å². The van der Waals surface area contributed by atoms with Crippen molar-refractivity contribution in [2.75, 3.05) is 18.0 Å². The number of carbonyl (C=O) groups is 2. The number of hydrogen-bond donors (Lipinski definition) is 1. The van der Waals surface area contributed by atoms with E-state index in [4.69, 9.17) is 16.3 Å². The molecule has 0 aliphatic carbocycles. The van der Waals surface area contributed by atoms with Crippen molar-refractivity contribution >= 4 is 39.1 Å². The van der Waals surface area contributed by atoms with Gasteiger partial charge in [0.15, 0.2) is 0 Å². The molecule has 3 rings (SSSR count). The molecule has 0 saturated heterocycles. The molecular formula is C29H34ClN3O5S. The summed E-state index contributed by atoms with van der Waals surface area (Å²) < 4.78 is 34.2. The fraction of sp³-hybridized carbons (Fsp3) is 0.310. The van der Waals surface area contributed by atoms with Gasteiger partial charge < -0.3 is 15.0 Å². The highest BCUT2D eigenvalue weighted by molar-refractivity contribution is 7.92. The van der Waals surface area contributed by atoms with Gasteiger partial charge in [-0.1, -0.05) is 67.1 Å². The second kappa shape index (κ2) is 13.5. The summed E-state index contributed by atoms with van der Waals surface area (Å²) in [6, 6.07) is 20.5. The minimum absolute atomic E-state index is 0.0126. The number of ether oxygens (including phenoxy) is 1. The molecular weight excluding hydrogens is 538 g/mol. The van der Waals surface area contributed by atoms with E-state index in [9.17, 15) is 18.0 Å². The molecule has 0 saturated carbocycles. The Kier molecular flexibility index (Phi) is 10.4. The van der Waals surface area contributed by atoms with Crippen molar-refractivity contribution in [3.8, 4) is 5.75 Å². The number of anilines is 1. The molecule has 0 heterocycles. The van der Waals surface area contributed by atoms with Crippen molar-refractivity contribution in [2.45, 2.75) is 50.7 Å². The van der Waals surface area contributed by atoms with Crippen molar-refractivity contribution < 1.29 is 22.7 Å². The van der Waals surface area contributed by atoms with E-state index < -0.39 is 28.5 Å². The normalized spacial score (nSPS) is 12.7. The Balaban J connectivity index is 2.06. The summed E-state index contributed by atoms with van der Waals surface area (Å²) in [5, 5.41) is 3.34. The number of halogens is 1. The predicted octanol–water partition coefficient (Wildman–Crippen LogP) is 4.88. The molecule has 1 N–H and O–H groups in total. The Hall–Kier alpha value is -3.56. The van der Waals surface area contributed by atoms with Crippen LogP contribution in [0.2, 0.25) is 5.02 Å². The quantitative estimate of drug-likeness (QED) is 0.334. The van der Waals surface area contributed by atoms with Gasteiger partial charge in [-0.3, -0.25) is 13.9 Å². The minimum Gasteiger partial charge on any atom is -0.495 e. The molecule has 0 aliphatic rings. The number of nitrogens with zero attached hydrogens (tertiary/aromatic N) is 2. The van der Waals surface area contributed by atoms with Gasteiger partial charge in [-0.15, -0.1) is 0 Å². The number of benzene rings is 3. The Labute approximate surface area is 235 Å². The fourth-order valence-electron chi connectivity index (χ4n) is 3.93. The van der Waals surface area contributed by atoms with Crippen LogP contribution >= 0.6 is 11.6 Å². The maximum absolute atomic E-state index is 14.0. The molecule has 0 aliphatic heterocycles. The van der Waals surface area contributed by atoms with E-state index >= 15 is 0 Å². The third-order valence-corrected chi connectivity index (χ3v) is 8.57. The number of carbonyl (C=O) groups excluding carboxylic acids is 2. The van der Waals surface area contributed by atoms with Gasteiger partial charge in [0, 0.05) is 17.6 Å². The van der Waals surface area contributed by atoms with Crippen molar-refractivity contribution in [1.82, 2.24) is 10.2 Å². The topological polar surface area (TPSA) is 96.0 Å². The highest BCUT2D eigenvalue weighted by Crippen LogP contribution is 2.32. The number of sulfonamides is 1. The molecule has 0 aromatic heterocycles. The molecule has 39 heavy (non-hydrogen) atoms. The first-order chi connectivity index (χ1) is 18.6. The first-order valence-corrected chi connectivity index (χ1v) is 14.5. The molecule has 0 unspecified atom stereocenters. The molecule has 10 heteroatoms. The van der Waals surface area contributed by atoms with E-state index in [0.717, 1.165) is 4.31 Å². The molecule has 8 nitrogen and oxygen atoms in total. The molecule has 3 aromatic carbocycles. The zero-order valence-electron chi connectivity index (χ0n) is 22.5. The zero-order chi connectivity index (χ0) is 28.6. The van der Waals surface area contributed by atoms with Crippen LogP contribution < -0.4 is 14.4 Å². The summed E-state index contributed by atoms with van der Waals surface area (Å²) in [5.74, 6) is -0.642. The smallest absolute Gasteiger partial charge is 0.264 e. The van der Waals surface area contributed by atoms with E-state index in [2.05, 4.69) is 5.32 Å². The van der Waals surface area contributed by atoms with Crippen molar-refractivity contribution in [3.05, 3.63) is 89.4 Å². The van der Waals surface area contributed by atoms with Crippen LogP contribution in [0.1, 0.15) is 32.8 Å². The molecule has 2 atom stereocenters. The van der Waals surface area contributed by atoms with Gasteiger partial charge in [-0.2, -0.15) is 0 Å². The second-order valence-electron chi connectivity index (χ2n) is 9.10. The number of nitrogens with one attached hydrogen (secondary N) is 1. The van der Waals surface area contributed by atoms with Crippen LogP contribution in [0, 0.1) is 0 Å². The summed E-state index contributed by atoms with van der Waals surface area (Å²) in [6.07, 6.45) is 0.716. The molecule has 2 amide bonds. The van der Waals surface area contributed by atoms with E-state index in [1.54, 1.807) is 73.7 Å². The lowest BCUT2D eigenvalue weighted by atomic mass is 10.1. The van der Waals surface area contributed by atoms with Crippen LogP contribution in [-0.2, 0) is 26.2 Å². The average Bonchev–Trinajstić information content (AvgIpc) is 2.95. The maximum Gasteiger partial charge on any atom is 0.264 e. The summed E-state index contributed by atoms with van der Waals surface area (Å²) >= 11 is 6.40. The van der Waals surface area contributed by atoms with E-state index in [-0.39, 0.29) is 34.8 Å². The Bertz CT molecular complexity index is 1380. The molecule has 0 bridgehead atoms. The Morgan fingerprint density at radius 2 is 1.56 bits per heavy atom. The standard InChI is InChI=1S/C29H34ClN3O5S/c1-5-21(2)31-29(35)22(3)32(19-23-13-9-10-16-25(23)30)28(34)20-33(26-17-11-12-18-27(26)38-4)39(36,37)24-14-7-6-8-15-24/h6-18,21-22H,5,19-20H2,1-4H3,(H,31,35)/t21-,22-/m0/s1. The van der Waals surface area contributed by atoms with Crippen molar-refractivity contribution in [1.29, 1.82) is 0 Å². The van der Waals surface area contributed by atoms with Gasteiger partial charge in [0.2, 0.25) is 11.8 Å². The lowest BCUT2D eigenvalue weighted by Gasteiger charge is -2.33. The Morgan fingerprint density at radius 3 is 2.21 bits per heavy atom. The summed E-state index contributed by atoms with van der Waals surface area (Å²) in [6.45, 7) is 4.88. The number of para-hydroxylation sites is 2. The number of amides is 2.